The number of aromatic nitrogens is 1. The molecule has 2 heterocycles. The molecule has 3 aromatic rings. The molecule has 2 atom stereocenters. The fraction of sp³-hybridized carbons (Fsp3) is 0.346. The van der Waals surface area contributed by atoms with E-state index in [9.17, 15) is 19.1 Å². The highest BCUT2D eigenvalue weighted by Gasteiger charge is 2.42. The molecule has 7 heteroatoms. The lowest BCUT2D eigenvalue weighted by atomic mass is 9.73. The molecule has 0 spiro atoms. The number of fused-ring (bicyclic) bond motifs is 2. The molecule has 2 aromatic carbocycles. The van der Waals surface area contributed by atoms with Gasteiger partial charge in [-0.25, -0.2) is 9.40 Å². The first-order valence-electron chi connectivity index (χ1n) is 11.4. The fourth-order valence-corrected chi connectivity index (χ4v) is 5.42. The molecule has 1 aliphatic carbocycles. The zero-order valence-electron chi connectivity index (χ0n) is 18.5. The van der Waals surface area contributed by atoms with E-state index in [0.29, 0.717) is 17.4 Å². The number of benzene rings is 2. The minimum atomic E-state index is -0.965. The van der Waals surface area contributed by atoms with Crippen LogP contribution < -0.4 is 0 Å². The minimum Gasteiger partial charge on any atom is -0.480 e. The lowest BCUT2D eigenvalue weighted by Crippen LogP contribution is -2.46. The smallest absolute Gasteiger partial charge is 0.323 e. The van der Waals surface area contributed by atoms with Crippen molar-refractivity contribution in [3.63, 3.8) is 0 Å². The van der Waals surface area contributed by atoms with Gasteiger partial charge in [-0.2, -0.15) is 5.10 Å². The second kappa shape index (κ2) is 8.46. The van der Waals surface area contributed by atoms with Crippen LogP contribution >= 0.6 is 0 Å². The van der Waals surface area contributed by atoms with Gasteiger partial charge in [0.05, 0.1) is 12.3 Å². The molecular formula is C26H26FN3O3. The average molecular weight is 448 g/mol. The first-order valence-corrected chi connectivity index (χ1v) is 11.4. The molecule has 2 aliphatic rings. The molecule has 6 nitrogen and oxygen atoms in total. The molecule has 1 fully saturated rings. The number of halogens is 1. The predicted molar refractivity (Wildman–Crippen MR) is 123 cm³/mol. The van der Waals surface area contributed by atoms with Crippen LogP contribution in [0.25, 0.3) is 10.9 Å². The Balaban J connectivity index is 1.69. The number of nitrogens with zero attached hydrogens (tertiary/aromatic N) is 3. The Kier molecular flexibility index (Phi) is 5.48. The molecule has 1 N–H and O–H groups in total. The van der Waals surface area contributed by atoms with Crippen LogP contribution in [0.2, 0.25) is 0 Å². The first-order chi connectivity index (χ1) is 15.9. The Morgan fingerprint density at radius 1 is 1.12 bits per heavy atom. The highest BCUT2D eigenvalue weighted by Crippen LogP contribution is 2.40. The van der Waals surface area contributed by atoms with Crippen molar-refractivity contribution < 1.29 is 19.1 Å². The molecule has 170 valence electrons. The average Bonchev–Trinajstić information content (AvgIpc) is 3.06. The summed E-state index contributed by atoms with van der Waals surface area (Å²) in [6.45, 7) is 2.00. The highest BCUT2D eigenvalue weighted by molar-refractivity contribution is 6.15. The van der Waals surface area contributed by atoms with Crippen LogP contribution in [-0.4, -0.2) is 32.3 Å². The summed E-state index contributed by atoms with van der Waals surface area (Å²) in [5, 5.41) is 16.5. The second-order valence-electron chi connectivity index (χ2n) is 8.97. The number of hydrazone groups is 1. The Labute approximate surface area is 191 Å². The van der Waals surface area contributed by atoms with Crippen molar-refractivity contribution in [2.75, 3.05) is 0 Å². The van der Waals surface area contributed by atoms with Crippen LogP contribution in [0.4, 0.5) is 4.39 Å². The molecule has 33 heavy (non-hydrogen) atoms. The second-order valence-corrected chi connectivity index (χ2v) is 8.97. The summed E-state index contributed by atoms with van der Waals surface area (Å²) in [5.74, 6) is -1.53. The van der Waals surface area contributed by atoms with Gasteiger partial charge in [0.1, 0.15) is 12.4 Å². The standard InChI is InChI=1S/C26H26FN3O3/c1-16-24(21-13-18(27)11-12-22(21)29(16)15-23(31)32)25-19-9-5-6-10-20(19)26(33)30(28-25)14-17-7-3-2-4-8-17/h2-4,7-8,11-13,19-20H,5-6,9-10,14-15H2,1H3,(H,31,32). The summed E-state index contributed by atoms with van der Waals surface area (Å²) in [6.07, 6.45) is 3.64. The third kappa shape index (κ3) is 3.81. The van der Waals surface area contributed by atoms with E-state index >= 15 is 0 Å². The monoisotopic (exact) mass is 447 g/mol. The van der Waals surface area contributed by atoms with Gasteiger partial charge in [-0.3, -0.25) is 9.59 Å². The summed E-state index contributed by atoms with van der Waals surface area (Å²) < 4.78 is 16.0. The van der Waals surface area contributed by atoms with Crippen LogP contribution in [0.1, 0.15) is 42.5 Å². The van der Waals surface area contributed by atoms with E-state index in [1.807, 2.05) is 37.3 Å². The van der Waals surface area contributed by atoms with E-state index in [0.717, 1.165) is 48.2 Å². The van der Waals surface area contributed by atoms with Crippen LogP contribution in [0, 0.1) is 24.6 Å². The molecule has 1 aromatic heterocycles. The summed E-state index contributed by atoms with van der Waals surface area (Å²) >= 11 is 0. The lowest BCUT2D eigenvalue weighted by molar-refractivity contribution is -0.139. The van der Waals surface area contributed by atoms with Crippen LogP contribution in [0.3, 0.4) is 0 Å². The van der Waals surface area contributed by atoms with Crippen molar-refractivity contribution >= 4 is 28.5 Å². The zero-order valence-corrected chi connectivity index (χ0v) is 18.5. The van der Waals surface area contributed by atoms with Gasteiger partial charge in [-0.15, -0.1) is 0 Å². The van der Waals surface area contributed by atoms with E-state index in [2.05, 4.69) is 0 Å². The number of carbonyl (C=O) groups excluding carboxylic acids is 1. The summed E-state index contributed by atoms with van der Waals surface area (Å²) in [6, 6.07) is 14.2. The molecule has 5 rings (SSSR count). The fourth-order valence-electron chi connectivity index (χ4n) is 5.42. The number of carboxylic acid groups (broad SMARTS) is 1. The van der Waals surface area contributed by atoms with Crippen LogP contribution in [0.5, 0.6) is 0 Å². The molecule has 2 unspecified atom stereocenters. The molecule has 1 amide bonds. The van der Waals surface area contributed by atoms with E-state index < -0.39 is 5.97 Å². The van der Waals surface area contributed by atoms with Crippen molar-refractivity contribution in [2.45, 2.75) is 45.7 Å². The third-order valence-electron chi connectivity index (χ3n) is 6.93. The van der Waals surface area contributed by atoms with Gasteiger partial charge >= 0.3 is 5.97 Å². The van der Waals surface area contributed by atoms with Gasteiger partial charge in [0.25, 0.3) is 0 Å². The minimum absolute atomic E-state index is 0.0328. The summed E-state index contributed by atoms with van der Waals surface area (Å²) in [7, 11) is 0. The number of carbonyl (C=O) groups is 2. The van der Waals surface area contributed by atoms with Gasteiger partial charge in [0.2, 0.25) is 5.91 Å². The number of rotatable bonds is 5. The normalized spacial score (nSPS) is 20.6. The summed E-state index contributed by atoms with van der Waals surface area (Å²) in [5.41, 5.74) is 3.91. The zero-order chi connectivity index (χ0) is 23.1. The van der Waals surface area contributed by atoms with Gasteiger partial charge < -0.3 is 9.67 Å². The topological polar surface area (TPSA) is 74.9 Å². The molecule has 0 radical (unpaired) electrons. The molecule has 1 aliphatic heterocycles. The van der Waals surface area contributed by atoms with Crippen molar-refractivity contribution in [1.82, 2.24) is 9.58 Å². The predicted octanol–water partition coefficient (Wildman–Crippen LogP) is 4.73. The van der Waals surface area contributed by atoms with Crippen molar-refractivity contribution in [3.05, 3.63) is 71.2 Å². The number of hydrogen-bond donors (Lipinski definition) is 1. The molecule has 0 bridgehead atoms. The van der Waals surface area contributed by atoms with Crippen molar-refractivity contribution in [1.29, 1.82) is 0 Å². The van der Waals surface area contributed by atoms with Crippen molar-refractivity contribution in [2.24, 2.45) is 16.9 Å². The van der Waals surface area contributed by atoms with E-state index in [4.69, 9.17) is 5.10 Å². The Bertz CT molecular complexity index is 1260. The number of amides is 1. The Morgan fingerprint density at radius 3 is 2.58 bits per heavy atom. The van der Waals surface area contributed by atoms with Gasteiger partial charge in [-0.1, -0.05) is 43.2 Å². The number of aliphatic carboxylic acids is 1. The van der Waals surface area contributed by atoms with Crippen LogP contribution in [0.15, 0.2) is 53.6 Å². The van der Waals surface area contributed by atoms with E-state index in [1.54, 1.807) is 15.6 Å². The van der Waals surface area contributed by atoms with Gasteiger partial charge in [0, 0.05) is 34.0 Å². The van der Waals surface area contributed by atoms with Crippen molar-refractivity contribution in [3.8, 4) is 0 Å². The summed E-state index contributed by atoms with van der Waals surface area (Å²) in [4.78, 5) is 24.9. The number of carboxylic acids is 1. The maximum absolute atomic E-state index is 14.3. The first kappa shape index (κ1) is 21.4. The SMILES string of the molecule is Cc1c(C2=NN(Cc3ccccc3)C(=O)C3CCCCC23)c2cc(F)ccc2n1CC(=O)O. The quantitative estimate of drug-likeness (QED) is 0.615. The number of hydrogen-bond acceptors (Lipinski definition) is 3. The third-order valence-corrected chi connectivity index (χ3v) is 6.93. The van der Waals surface area contributed by atoms with Crippen LogP contribution in [-0.2, 0) is 22.7 Å². The molecular weight excluding hydrogens is 421 g/mol. The Hall–Kier alpha value is -3.48. The molecule has 1 saturated carbocycles. The van der Waals surface area contributed by atoms with E-state index in [-0.39, 0.29) is 30.1 Å². The molecule has 0 saturated heterocycles. The maximum atomic E-state index is 14.3. The maximum Gasteiger partial charge on any atom is 0.323 e. The van der Waals surface area contributed by atoms with Gasteiger partial charge in [-0.05, 0) is 43.5 Å². The highest BCUT2D eigenvalue weighted by atomic mass is 19.1. The van der Waals surface area contributed by atoms with E-state index in [1.165, 1.54) is 12.1 Å². The largest absolute Gasteiger partial charge is 0.480 e. The lowest BCUT2D eigenvalue weighted by Gasteiger charge is -2.38. The Morgan fingerprint density at radius 2 is 1.85 bits per heavy atom. The van der Waals surface area contributed by atoms with Gasteiger partial charge in [0.15, 0.2) is 0 Å².